The fourth-order valence-electron chi connectivity index (χ4n) is 0.989. The maximum atomic E-state index is 13.3. The number of hydrogen-bond acceptors (Lipinski definition) is 3. The average molecular weight is 295 g/mol. The van der Waals surface area contributed by atoms with Gasteiger partial charge in [-0.05, 0) is 28.9 Å². The number of carbonyl (C=O) groups excluding carboxylic acids is 1. The molecule has 7 heteroatoms. The molecule has 0 fully saturated rings. The van der Waals surface area contributed by atoms with Crippen molar-refractivity contribution in [2.45, 2.75) is 13.0 Å². The summed E-state index contributed by atoms with van der Waals surface area (Å²) in [6.07, 6.45) is -0.985. The maximum Gasteiger partial charge on any atom is 0.274 e. The molecule has 1 rings (SSSR count). The highest BCUT2D eigenvalue weighted by molar-refractivity contribution is 9.10. The Morgan fingerprint density at radius 2 is 2.19 bits per heavy atom. The number of nitrogens with one attached hydrogen (secondary N) is 1. The molecule has 0 aromatic heterocycles. The zero-order chi connectivity index (χ0) is 12.3. The topological polar surface area (TPSA) is 64.3 Å². The van der Waals surface area contributed by atoms with Gasteiger partial charge in [-0.15, -0.1) is 0 Å². The van der Waals surface area contributed by atoms with Gasteiger partial charge >= 0.3 is 0 Å². The van der Waals surface area contributed by atoms with E-state index in [0.717, 1.165) is 6.07 Å². The number of rotatable bonds is 3. The first kappa shape index (κ1) is 12.9. The highest BCUT2D eigenvalue weighted by Gasteiger charge is 2.18. The van der Waals surface area contributed by atoms with E-state index in [1.165, 1.54) is 6.92 Å². The monoisotopic (exact) mass is 294 g/mol. The molecular weight excluding hydrogens is 286 g/mol. The Bertz CT molecular complexity index is 391. The van der Waals surface area contributed by atoms with Gasteiger partial charge in [-0.25, -0.2) is 14.6 Å². The molecule has 16 heavy (non-hydrogen) atoms. The zero-order valence-electron chi connectivity index (χ0n) is 8.26. The predicted octanol–water partition coefficient (Wildman–Crippen LogP) is 1.48. The molecule has 0 aliphatic rings. The van der Waals surface area contributed by atoms with E-state index >= 15 is 0 Å². The van der Waals surface area contributed by atoms with Crippen LogP contribution >= 0.6 is 15.9 Å². The molecule has 0 aliphatic heterocycles. The largest absolute Gasteiger partial charge is 0.477 e. The van der Waals surface area contributed by atoms with Gasteiger partial charge in [0.1, 0.15) is 5.82 Å². The minimum absolute atomic E-state index is 0.0849. The molecule has 3 N–H and O–H groups in total. The smallest absolute Gasteiger partial charge is 0.274 e. The summed E-state index contributed by atoms with van der Waals surface area (Å²) < 4.78 is 31.1. The van der Waals surface area contributed by atoms with Gasteiger partial charge in [0, 0.05) is 6.07 Å². The lowest BCUT2D eigenvalue weighted by Gasteiger charge is -2.14. The Morgan fingerprint density at radius 1 is 1.56 bits per heavy atom. The van der Waals surface area contributed by atoms with Crippen molar-refractivity contribution >= 4 is 21.8 Å². The normalized spacial score (nSPS) is 12.1. The predicted molar refractivity (Wildman–Crippen MR) is 56.5 cm³/mol. The van der Waals surface area contributed by atoms with Gasteiger partial charge in [-0.1, -0.05) is 0 Å². The molecule has 0 bridgehead atoms. The second-order valence-electron chi connectivity index (χ2n) is 2.97. The minimum atomic E-state index is -0.985. The number of nitrogens with two attached hydrogens (primary N) is 1. The molecule has 0 aliphatic carbocycles. The third-order valence-corrected chi connectivity index (χ3v) is 2.36. The van der Waals surface area contributed by atoms with Crippen LogP contribution in [-0.2, 0) is 4.79 Å². The number of hydrazine groups is 1. The van der Waals surface area contributed by atoms with Gasteiger partial charge in [0.25, 0.3) is 5.91 Å². The van der Waals surface area contributed by atoms with E-state index in [-0.39, 0.29) is 10.2 Å². The minimum Gasteiger partial charge on any atom is -0.477 e. The van der Waals surface area contributed by atoms with Gasteiger partial charge in [0.05, 0.1) is 4.47 Å². The lowest BCUT2D eigenvalue weighted by molar-refractivity contribution is -0.127. The van der Waals surface area contributed by atoms with Crippen LogP contribution in [0.1, 0.15) is 6.92 Å². The number of ether oxygens (including phenoxy) is 1. The highest BCUT2D eigenvalue weighted by Crippen LogP contribution is 2.29. The summed E-state index contributed by atoms with van der Waals surface area (Å²) in [4.78, 5) is 11.0. The van der Waals surface area contributed by atoms with Crippen LogP contribution in [0.2, 0.25) is 0 Å². The van der Waals surface area contributed by atoms with Crippen LogP contribution in [0.25, 0.3) is 0 Å². The lowest BCUT2D eigenvalue weighted by Crippen LogP contribution is -2.40. The molecule has 1 unspecified atom stereocenters. The summed E-state index contributed by atoms with van der Waals surface area (Å²) in [7, 11) is 0. The van der Waals surface area contributed by atoms with Crippen molar-refractivity contribution in [3.63, 3.8) is 0 Å². The average Bonchev–Trinajstić information content (AvgIpc) is 2.21. The molecular formula is C9H9BrF2N2O2. The first-order chi connectivity index (χ1) is 7.45. The SMILES string of the molecule is CC(Oc1c(F)cc(F)cc1Br)C(=O)NN. The number of halogens is 3. The number of hydrogen-bond donors (Lipinski definition) is 2. The molecule has 88 valence electrons. The van der Waals surface area contributed by atoms with Crippen molar-refractivity contribution in [2.75, 3.05) is 0 Å². The fourth-order valence-corrected chi connectivity index (χ4v) is 1.49. The first-order valence-electron chi connectivity index (χ1n) is 4.27. The second-order valence-corrected chi connectivity index (χ2v) is 3.82. The van der Waals surface area contributed by atoms with Gasteiger partial charge in [-0.2, -0.15) is 0 Å². The van der Waals surface area contributed by atoms with E-state index in [9.17, 15) is 13.6 Å². The van der Waals surface area contributed by atoms with Crippen molar-refractivity contribution in [3.8, 4) is 5.75 Å². The maximum absolute atomic E-state index is 13.3. The van der Waals surface area contributed by atoms with E-state index in [1.807, 2.05) is 5.43 Å². The number of benzene rings is 1. The Balaban J connectivity index is 2.93. The first-order valence-corrected chi connectivity index (χ1v) is 5.06. The summed E-state index contributed by atoms with van der Waals surface area (Å²) >= 11 is 2.93. The molecule has 1 amide bonds. The summed E-state index contributed by atoms with van der Waals surface area (Å²) in [6.45, 7) is 1.39. The Hall–Kier alpha value is -1.21. The quantitative estimate of drug-likeness (QED) is 0.504. The number of carbonyl (C=O) groups is 1. The van der Waals surface area contributed by atoms with Gasteiger partial charge in [-0.3, -0.25) is 10.2 Å². The summed E-state index contributed by atoms with van der Waals surface area (Å²) in [5.74, 6) is 2.39. The lowest BCUT2D eigenvalue weighted by atomic mass is 10.3. The van der Waals surface area contributed by atoms with Crippen LogP contribution in [0.15, 0.2) is 16.6 Å². The molecule has 0 saturated carbocycles. The van der Waals surface area contributed by atoms with E-state index in [0.29, 0.717) is 6.07 Å². The van der Waals surface area contributed by atoms with E-state index in [4.69, 9.17) is 10.6 Å². The van der Waals surface area contributed by atoms with Crippen LogP contribution in [-0.4, -0.2) is 12.0 Å². The van der Waals surface area contributed by atoms with E-state index in [1.54, 1.807) is 0 Å². The molecule has 1 atom stereocenters. The molecule has 4 nitrogen and oxygen atoms in total. The number of amides is 1. The summed E-state index contributed by atoms with van der Waals surface area (Å²) in [5.41, 5.74) is 1.86. The van der Waals surface area contributed by atoms with Crippen LogP contribution in [0, 0.1) is 11.6 Å². The molecule has 0 radical (unpaired) electrons. The van der Waals surface area contributed by atoms with Crippen molar-refractivity contribution in [2.24, 2.45) is 5.84 Å². The Labute approximate surface area is 98.9 Å². The third kappa shape index (κ3) is 2.89. The molecule has 0 spiro atoms. The second kappa shape index (κ2) is 5.22. The Kier molecular flexibility index (Phi) is 4.19. The molecule has 0 saturated heterocycles. The molecule has 1 aromatic rings. The van der Waals surface area contributed by atoms with Crippen molar-refractivity contribution in [1.82, 2.24) is 5.43 Å². The molecule has 0 heterocycles. The van der Waals surface area contributed by atoms with Crippen molar-refractivity contribution in [3.05, 3.63) is 28.2 Å². The van der Waals surface area contributed by atoms with Gasteiger partial charge in [0.2, 0.25) is 0 Å². The highest BCUT2D eigenvalue weighted by atomic mass is 79.9. The zero-order valence-corrected chi connectivity index (χ0v) is 9.85. The standard InChI is InChI=1S/C9H9BrF2N2O2/c1-4(9(15)14-13)16-8-6(10)2-5(11)3-7(8)12/h2-4H,13H2,1H3,(H,14,15). The summed E-state index contributed by atoms with van der Waals surface area (Å²) in [6, 6.07) is 1.69. The van der Waals surface area contributed by atoms with Crippen LogP contribution < -0.4 is 16.0 Å². The van der Waals surface area contributed by atoms with Crippen LogP contribution in [0.5, 0.6) is 5.75 Å². The Morgan fingerprint density at radius 3 is 2.69 bits per heavy atom. The van der Waals surface area contributed by atoms with Gasteiger partial charge in [0.15, 0.2) is 17.7 Å². The summed E-state index contributed by atoms with van der Waals surface area (Å²) in [5, 5.41) is 0. The van der Waals surface area contributed by atoms with E-state index in [2.05, 4.69) is 15.9 Å². The van der Waals surface area contributed by atoms with Crippen LogP contribution in [0.3, 0.4) is 0 Å². The van der Waals surface area contributed by atoms with Crippen LogP contribution in [0.4, 0.5) is 8.78 Å². The van der Waals surface area contributed by atoms with Crippen molar-refractivity contribution < 1.29 is 18.3 Å². The third-order valence-electron chi connectivity index (χ3n) is 1.77. The van der Waals surface area contributed by atoms with Gasteiger partial charge < -0.3 is 4.74 Å². The molecule has 1 aromatic carbocycles. The van der Waals surface area contributed by atoms with Crippen molar-refractivity contribution in [1.29, 1.82) is 0 Å². The van der Waals surface area contributed by atoms with E-state index < -0.39 is 23.6 Å². The fraction of sp³-hybridized carbons (Fsp3) is 0.222.